The minimum Gasteiger partial charge on any atom is -0.399 e. The fourth-order valence-electron chi connectivity index (χ4n) is 2.93. The highest BCUT2D eigenvalue weighted by Gasteiger charge is 2.25. The lowest BCUT2D eigenvalue weighted by atomic mass is 9.97. The lowest BCUT2D eigenvalue weighted by molar-refractivity contribution is -0.121. The van der Waals surface area contributed by atoms with Crippen LogP contribution in [0, 0.1) is 0 Å². The van der Waals surface area contributed by atoms with E-state index in [9.17, 15) is 14.7 Å². The van der Waals surface area contributed by atoms with Gasteiger partial charge in [-0.25, -0.2) is 4.98 Å². The molecule has 2 atom stereocenters. The molecule has 1 aliphatic rings. The number of piperidine rings is 1. The van der Waals surface area contributed by atoms with Crippen molar-refractivity contribution in [2.75, 3.05) is 12.3 Å². The van der Waals surface area contributed by atoms with E-state index in [-0.39, 0.29) is 30.3 Å². The van der Waals surface area contributed by atoms with Gasteiger partial charge in [0.25, 0.3) is 5.56 Å². The molecule has 1 saturated heterocycles. The van der Waals surface area contributed by atoms with Gasteiger partial charge in [0.1, 0.15) is 0 Å². The first kappa shape index (κ1) is 15.6. The average Bonchev–Trinajstić information content (AvgIpc) is 2.53. The minimum absolute atomic E-state index is 0.0541. The van der Waals surface area contributed by atoms with Crippen LogP contribution in [0.4, 0.5) is 5.69 Å². The highest BCUT2D eigenvalue weighted by atomic mass is 16.3. The molecule has 122 valence electrons. The lowest BCUT2D eigenvalue weighted by Gasteiger charge is -2.28. The number of rotatable bonds is 4. The van der Waals surface area contributed by atoms with Gasteiger partial charge in [0.15, 0.2) is 5.78 Å². The van der Waals surface area contributed by atoms with E-state index in [0.717, 1.165) is 13.0 Å². The van der Waals surface area contributed by atoms with Crippen molar-refractivity contribution in [1.82, 2.24) is 14.9 Å². The van der Waals surface area contributed by atoms with Gasteiger partial charge in [0, 0.05) is 18.2 Å². The predicted octanol–water partition coefficient (Wildman–Crippen LogP) is 0.0508. The van der Waals surface area contributed by atoms with Gasteiger partial charge in [0.05, 0.1) is 29.9 Å². The Balaban J connectivity index is 1.77. The summed E-state index contributed by atoms with van der Waals surface area (Å²) in [5, 5.41) is 13.4. The van der Waals surface area contributed by atoms with Crippen LogP contribution in [-0.4, -0.2) is 39.1 Å². The fourth-order valence-corrected chi connectivity index (χ4v) is 2.93. The molecule has 4 N–H and O–H groups in total. The lowest BCUT2D eigenvalue weighted by Crippen LogP contribution is -2.46. The van der Waals surface area contributed by atoms with Crippen LogP contribution >= 0.6 is 0 Å². The van der Waals surface area contributed by atoms with Gasteiger partial charge in [0.2, 0.25) is 0 Å². The van der Waals surface area contributed by atoms with Crippen molar-refractivity contribution in [1.29, 1.82) is 0 Å². The molecule has 1 aliphatic heterocycles. The molecular weight excluding hydrogens is 296 g/mol. The molecule has 0 aliphatic carbocycles. The van der Waals surface area contributed by atoms with Crippen molar-refractivity contribution < 1.29 is 9.90 Å². The van der Waals surface area contributed by atoms with Crippen LogP contribution in [0.25, 0.3) is 10.9 Å². The van der Waals surface area contributed by atoms with Gasteiger partial charge >= 0.3 is 0 Å². The number of hydrogen-bond donors (Lipinski definition) is 3. The maximum absolute atomic E-state index is 12.4. The van der Waals surface area contributed by atoms with E-state index < -0.39 is 6.10 Å². The molecule has 0 saturated carbocycles. The number of nitrogen functional groups attached to an aromatic ring is 1. The van der Waals surface area contributed by atoms with E-state index in [1.807, 2.05) is 0 Å². The average molecular weight is 316 g/mol. The number of Topliss-reactive ketones (excluding diaryl/α,β-unsaturated/α-hetero) is 1. The third-order valence-electron chi connectivity index (χ3n) is 4.19. The van der Waals surface area contributed by atoms with Crippen LogP contribution < -0.4 is 16.6 Å². The predicted molar refractivity (Wildman–Crippen MR) is 87.1 cm³/mol. The number of hydrogen-bond acceptors (Lipinski definition) is 6. The zero-order chi connectivity index (χ0) is 16.4. The van der Waals surface area contributed by atoms with Crippen molar-refractivity contribution in [2.24, 2.45) is 0 Å². The highest BCUT2D eigenvalue weighted by Crippen LogP contribution is 2.13. The van der Waals surface area contributed by atoms with Crippen molar-refractivity contribution in [2.45, 2.75) is 38.0 Å². The number of ketones is 1. The fraction of sp³-hybridized carbons (Fsp3) is 0.438. The summed E-state index contributed by atoms with van der Waals surface area (Å²) in [6, 6.07) is 4.69. The van der Waals surface area contributed by atoms with Crippen molar-refractivity contribution in [3.63, 3.8) is 0 Å². The summed E-state index contributed by atoms with van der Waals surface area (Å²) in [6.07, 6.45) is 2.66. The smallest absolute Gasteiger partial charge is 0.261 e. The molecule has 1 aromatic heterocycles. The van der Waals surface area contributed by atoms with Crippen LogP contribution in [0.3, 0.4) is 0 Å². The Labute approximate surface area is 133 Å². The van der Waals surface area contributed by atoms with Gasteiger partial charge in [-0.15, -0.1) is 0 Å². The van der Waals surface area contributed by atoms with E-state index in [1.165, 1.54) is 10.9 Å². The summed E-state index contributed by atoms with van der Waals surface area (Å²) >= 11 is 0. The normalized spacial score (nSPS) is 21.4. The number of aromatic nitrogens is 2. The zero-order valence-corrected chi connectivity index (χ0v) is 12.7. The van der Waals surface area contributed by atoms with Crippen LogP contribution in [0.2, 0.25) is 0 Å². The SMILES string of the molecule is Nc1ccc2ncn(CC(=O)CC3NCCCC3O)c(=O)c2c1. The van der Waals surface area contributed by atoms with Gasteiger partial charge in [-0.3, -0.25) is 14.2 Å². The van der Waals surface area contributed by atoms with Gasteiger partial charge in [-0.1, -0.05) is 0 Å². The number of benzene rings is 1. The summed E-state index contributed by atoms with van der Waals surface area (Å²) in [7, 11) is 0. The second-order valence-electron chi connectivity index (χ2n) is 5.97. The Morgan fingerprint density at radius 2 is 2.30 bits per heavy atom. The summed E-state index contributed by atoms with van der Waals surface area (Å²) in [5.74, 6) is -0.115. The Hall–Kier alpha value is -2.25. The molecule has 1 aromatic carbocycles. The molecule has 23 heavy (non-hydrogen) atoms. The molecule has 0 amide bonds. The van der Waals surface area contributed by atoms with Gasteiger partial charge in [-0.2, -0.15) is 0 Å². The number of nitrogens with one attached hydrogen (secondary N) is 1. The maximum Gasteiger partial charge on any atom is 0.261 e. The second kappa shape index (κ2) is 6.47. The Morgan fingerprint density at radius 3 is 3.09 bits per heavy atom. The second-order valence-corrected chi connectivity index (χ2v) is 5.97. The van der Waals surface area contributed by atoms with E-state index >= 15 is 0 Å². The first-order valence-corrected chi connectivity index (χ1v) is 7.72. The van der Waals surface area contributed by atoms with E-state index in [4.69, 9.17) is 5.73 Å². The number of fused-ring (bicyclic) bond motifs is 1. The van der Waals surface area contributed by atoms with Crippen LogP contribution in [0.15, 0.2) is 29.3 Å². The maximum atomic E-state index is 12.4. The number of anilines is 1. The Bertz CT molecular complexity index is 786. The number of aliphatic hydroxyl groups excluding tert-OH is 1. The largest absolute Gasteiger partial charge is 0.399 e. The summed E-state index contributed by atoms with van der Waals surface area (Å²) in [6.45, 7) is 0.743. The van der Waals surface area contributed by atoms with Crippen LogP contribution in [0.1, 0.15) is 19.3 Å². The first-order chi connectivity index (χ1) is 11.0. The molecule has 1 fully saturated rings. The standard InChI is InChI=1S/C16H20N4O3/c17-10-3-4-13-12(6-10)16(23)20(9-19-13)8-11(21)7-14-15(22)2-1-5-18-14/h3-4,6,9,14-15,18,22H,1-2,5,7-8,17H2. The van der Waals surface area contributed by atoms with E-state index in [1.54, 1.807) is 18.2 Å². The third-order valence-corrected chi connectivity index (χ3v) is 4.19. The highest BCUT2D eigenvalue weighted by molar-refractivity contribution is 5.82. The Morgan fingerprint density at radius 1 is 1.48 bits per heavy atom. The molecule has 2 heterocycles. The number of nitrogens with zero attached hydrogens (tertiary/aromatic N) is 2. The number of nitrogens with two attached hydrogens (primary N) is 1. The number of aliphatic hydroxyl groups is 1. The molecule has 3 rings (SSSR count). The monoisotopic (exact) mass is 316 g/mol. The summed E-state index contributed by atoms with van der Waals surface area (Å²) in [4.78, 5) is 28.8. The first-order valence-electron chi connectivity index (χ1n) is 7.72. The Kier molecular flexibility index (Phi) is 4.40. The van der Waals surface area contributed by atoms with Gasteiger partial charge < -0.3 is 16.2 Å². The molecular formula is C16H20N4O3. The number of carbonyl (C=O) groups excluding carboxylic acids is 1. The molecule has 7 nitrogen and oxygen atoms in total. The van der Waals surface area contributed by atoms with Crippen LogP contribution in [-0.2, 0) is 11.3 Å². The molecule has 0 radical (unpaired) electrons. The van der Waals surface area contributed by atoms with Gasteiger partial charge in [-0.05, 0) is 37.6 Å². The van der Waals surface area contributed by atoms with Crippen molar-refractivity contribution in [3.05, 3.63) is 34.9 Å². The molecule has 0 bridgehead atoms. The quantitative estimate of drug-likeness (QED) is 0.688. The molecule has 0 spiro atoms. The minimum atomic E-state index is -0.515. The molecule has 7 heteroatoms. The molecule has 2 aromatic rings. The summed E-state index contributed by atoms with van der Waals surface area (Å²) < 4.78 is 1.29. The zero-order valence-electron chi connectivity index (χ0n) is 12.7. The summed E-state index contributed by atoms with van der Waals surface area (Å²) in [5.41, 5.74) is 6.45. The van der Waals surface area contributed by atoms with E-state index in [2.05, 4.69) is 10.3 Å². The van der Waals surface area contributed by atoms with E-state index in [0.29, 0.717) is 23.0 Å². The number of carbonyl (C=O) groups is 1. The topological polar surface area (TPSA) is 110 Å². The van der Waals surface area contributed by atoms with Crippen molar-refractivity contribution in [3.8, 4) is 0 Å². The van der Waals surface area contributed by atoms with Crippen molar-refractivity contribution >= 4 is 22.4 Å². The third kappa shape index (κ3) is 3.40. The molecule has 2 unspecified atom stereocenters. The van der Waals surface area contributed by atoms with Crippen LogP contribution in [0.5, 0.6) is 0 Å².